The van der Waals surface area contributed by atoms with Gasteiger partial charge in [-0.2, -0.15) is 0 Å². The lowest BCUT2D eigenvalue weighted by Gasteiger charge is -2.12. The molecular weight excluding hydrogens is 230 g/mol. The Morgan fingerprint density at radius 2 is 2.06 bits per heavy atom. The monoisotopic (exact) mass is 245 g/mol. The Morgan fingerprint density at radius 3 is 2.89 bits per heavy atom. The molecule has 0 aliphatic rings. The van der Waals surface area contributed by atoms with Gasteiger partial charge in [-0.3, -0.25) is 9.78 Å². The number of carbonyl (C=O) groups is 1. The highest BCUT2D eigenvalue weighted by atomic mass is 16.5. The molecule has 1 unspecified atom stereocenters. The van der Waals surface area contributed by atoms with Crippen LogP contribution in [-0.4, -0.2) is 24.7 Å². The largest absolute Gasteiger partial charge is 0.465 e. The van der Waals surface area contributed by atoms with E-state index in [1.807, 2.05) is 43.3 Å². The summed E-state index contributed by atoms with van der Waals surface area (Å²) in [6.07, 6.45) is -0.121. The SMILES string of the molecule is CC(OCCOC=O)c1ccc2ccccc2n1. The first-order chi connectivity index (χ1) is 8.81. The van der Waals surface area contributed by atoms with Crippen molar-refractivity contribution >= 4 is 17.4 Å². The summed E-state index contributed by atoms with van der Waals surface area (Å²) in [7, 11) is 0. The van der Waals surface area contributed by atoms with E-state index in [4.69, 9.17) is 4.74 Å². The van der Waals surface area contributed by atoms with Gasteiger partial charge in [-0.15, -0.1) is 0 Å². The number of para-hydroxylation sites is 1. The molecular formula is C14H15NO3. The van der Waals surface area contributed by atoms with E-state index in [9.17, 15) is 4.79 Å². The van der Waals surface area contributed by atoms with Crippen molar-refractivity contribution < 1.29 is 14.3 Å². The molecule has 2 rings (SSSR count). The Labute approximate surface area is 106 Å². The lowest BCUT2D eigenvalue weighted by Crippen LogP contribution is -2.08. The molecule has 0 aliphatic heterocycles. The smallest absolute Gasteiger partial charge is 0.293 e. The minimum Gasteiger partial charge on any atom is -0.465 e. The number of aromatic nitrogens is 1. The van der Waals surface area contributed by atoms with E-state index in [-0.39, 0.29) is 12.7 Å². The summed E-state index contributed by atoms with van der Waals surface area (Å²) in [4.78, 5) is 14.5. The number of hydrogen-bond donors (Lipinski definition) is 0. The van der Waals surface area contributed by atoms with E-state index >= 15 is 0 Å². The first-order valence-electron chi connectivity index (χ1n) is 5.84. The minimum atomic E-state index is -0.121. The van der Waals surface area contributed by atoms with Gasteiger partial charge in [-0.05, 0) is 19.1 Å². The van der Waals surface area contributed by atoms with Gasteiger partial charge in [0.1, 0.15) is 6.61 Å². The maximum absolute atomic E-state index is 9.98. The van der Waals surface area contributed by atoms with Crippen LogP contribution in [-0.2, 0) is 14.3 Å². The van der Waals surface area contributed by atoms with Crippen molar-refractivity contribution in [2.24, 2.45) is 0 Å². The van der Waals surface area contributed by atoms with Gasteiger partial charge in [0.15, 0.2) is 0 Å². The highest BCUT2D eigenvalue weighted by Gasteiger charge is 2.07. The molecule has 4 heteroatoms. The molecule has 18 heavy (non-hydrogen) atoms. The lowest BCUT2D eigenvalue weighted by atomic mass is 10.1. The van der Waals surface area contributed by atoms with Crippen LogP contribution < -0.4 is 0 Å². The van der Waals surface area contributed by atoms with Crippen molar-refractivity contribution in [1.82, 2.24) is 4.98 Å². The van der Waals surface area contributed by atoms with Gasteiger partial charge in [0.05, 0.1) is 23.9 Å². The molecule has 0 radical (unpaired) electrons. The van der Waals surface area contributed by atoms with Gasteiger partial charge in [-0.1, -0.05) is 24.3 Å². The van der Waals surface area contributed by atoms with Gasteiger partial charge >= 0.3 is 0 Å². The van der Waals surface area contributed by atoms with Gasteiger partial charge in [0.25, 0.3) is 6.47 Å². The van der Waals surface area contributed by atoms with Crippen LogP contribution in [0.25, 0.3) is 10.9 Å². The molecule has 0 saturated carbocycles. The van der Waals surface area contributed by atoms with E-state index in [2.05, 4.69) is 9.72 Å². The van der Waals surface area contributed by atoms with Crippen molar-refractivity contribution in [2.75, 3.05) is 13.2 Å². The maximum atomic E-state index is 9.98. The second-order valence-electron chi connectivity index (χ2n) is 3.91. The summed E-state index contributed by atoms with van der Waals surface area (Å²) >= 11 is 0. The van der Waals surface area contributed by atoms with Gasteiger partial charge in [0.2, 0.25) is 0 Å². The number of nitrogens with zero attached hydrogens (tertiary/aromatic N) is 1. The Hall–Kier alpha value is -1.94. The molecule has 4 nitrogen and oxygen atoms in total. The minimum absolute atomic E-state index is 0.121. The molecule has 1 atom stereocenters. The molecule has 2 aromatic rings. The zero-order chi connectivity index (χ0) is 12.8. The fourth-order valence-corrected chi connectivity index (χ4v) is 1.71. The molecule has 1 aromatic heterocycles. The maximum Gasteiger partial charge on any atom is 0.293 e. The second kappa shape index (κ2) is 6.12. The zero-order valence-corrected chi connectivity index (χ0v) is 10.2. The van der Waals surface area contributed by atoms with Crippen LogP contribution in [0.15, 0.2) is 36.4 Å². The molecule has 0 fully saturated rings. The van der Waals surface area contributed by atoms with Crippen LogP contribution in [0, 0.1) is 0 Å². The van der Waals surface area contributed by atoms with Crippen LogP contribution in [0.1, 0.15) is 18.7 Å². The van der Waals surface area contributed by atoms with Crippen molar-refractivity contribution in [3.8, 4) is 0 Å². The van der Waals surface area contributed by atoms with E-state index in [0.717, 1.165) is 16.6 Å². The van der Waals surface area contributed by atoms with E-state index in [0.29, 0.717) is 13.1 Å². The summed E-state index contributed by atoms with van der Waals surface area (Å²) in [5.74, 6) is 0. The second-order valence-corrected chi connectivity index (χ2v) is 3.91. The van der Waals surface area contributed by atoms with Crippen molar-refractivity contribution in [3.05, 3.63) is 42.1 Å². The molecule has 94 valence electrons. The number of carbonyl (C=O) groups excluding carboxylic acids is 1. The summed E-state index contributed by atoms with van der Waals surface area (Å²) < 4.78 is 10.1. The molecule has 0 saturated heterocycles. The van der Waals surface area contributed by atoms with E-state index < -0.39 is 0 Å². The average Bonchev–Trinajstić information content (AvgIpc) is 2.43. The zero-order valence-electron chi connectivity index (χ0n) is 10.2. The third-order valence-electron chi connectivity index (χ3n) is 2.67. The van der Waals surface area contributed by atoms with Gasteiger partial charge < -0.3 is 9.47 Å². The predicted molar refractivity (Wildman–Crippen MR) is 68.1 cm³/mol. The summed E-state index contributed by atoms with van der Waals surface area (Å²) in [6, 6.07) is 11.9. The first kappa shape index (κ1) is 12.5. The van der Waals surface area contributed by atoms with Crippen molar-refractivity contribution in [1.29, 1.82) is 0 Å². The Kier molecular flexibility index (Phi) is 4.25. The normalized spacial score (nSPS) is 12.3. The van der Waals surface area contributed by atoms with Crippen LogP contribution >= 0.6 is 0 Å². The molecule has 0 spiro atoms. The van der Waals surface area contributed by atoms with Crippen LogP contribution in [0.2, 0.25) is 0 Å². The van der Waals surface area contributed by atoms with E-state index in [1.165, 1.54) is 0 Å². The Bertz CT molecular complexity index is 527. The first-order valence-corrected chi connectivity index (χ1v) is 5.84. The molecule has 0 aliphatic carbocycles. The summed E-state index contributed by atoms with van der Waals surface area (Å²) in [5, 5.41) is 1.11. The average molecular weight is 245 g/mol. The van der Waals surface area contributed by atoms with Gasteiger partial charge in [0, 0.05) is 5.39 Å². The van der Waals surface area contributed by atoms with Crippen molar-refractivity contribution in [3.63, 3.8) is 0 Å². The predicted octanol–water partition coefficient (Wildman–Crippen LogP) is 2.49. The van der Waals surface area contributed by atoms with Crippen LogP contribution in [0.5, 0.6) is 0 Å². The number of rotatable bonds is 6. The molecule has 1 heterocycles. The highest BCUT2D eigenvalue weighted by molar-refractivity contribution is 5.78. The highest BCUT2D eigenvalue weighted by Crippen LogP contribution is 2.18. The number of fused-ring (bicyclic) bond motifs is 1. The van der Waals surface area contributed by atoms with Gasteiger partial charge in [-0.25, -0.2) is 0 Å². The third kappa shape index (κ3) is 3.05. The standard InChI is InChI=1S/C14H15NO3/c1-11(18-9-8-17-10-16)13-7-6-12-4-2-3-5-14(12)15-13/h2-7,10-11H,8-9H2,1H3. The summed E-state index contributed by atoms with van der Waals surface area (Å²) in [6.45, 7) is 2.98. The molecule has 1 aromatic carbocycles. The molecule has 0 bridgehead atoms. The molecule has 0 N–H and O–H groups in total. The Balaban J connectivity index is 2.03. The fourth-order valence-electron chi connectivity index (χ4n) is 1.71. The van der Waals surface area contributed by atoms with Crippen LogP contribution in [0.4, 0.5) is 0 Å². The van der Waals surface area contributed by atoms with E-state index in [1.54, 1.807) is 0 Å². The number of hydrogen-bond acceptors (Lipinski definition) is 4. The number of benzene rings is 1. The van der Waals surface area contributed by atoms with Crippen LogP contribution in [0.3, 0.4) is 0 Å². The Morgan fingerprint density at radius 1 is 1.22 bits per heavy atom. The lowest BCUT2D eigenvalue weighted by molar-refractivity contribution is -0.130. The number of pyridine rings is 1. The van der Waals surface area contributed by atoms with Crippen molar-refractivity contribution in [2.45, 2.75) is 13.0 Å². The number of ether oxygens (including phenoxy) is 2. The molecule has 0 amide bonds. The summed E-state index contributed by atoms with van der Waals surface area (Å²) in [5.41, 5.74) is 1.83. The fraction of sp³-hybridized carbons (Fsp3) is 0.286. The third-order valence-corrected chi connectivity index (χ3v) is 2.67. The topological polar surface area (TPSA) is 48.4 Å². The quantitative estimate of drug-likeness (QED) is 0.579.